The van der Waals surface area contributed by atoms with Gasteiger partial charge in [-0.05, 0) is 25.1 Å². The molecule has 0 unspecified atom stereocenters. The molecule has 1 saturated heterocycles. The average molecular weight is 250 g/mol. The van der Waals surface area contributed by atoms with Crippen molar-refractivity contribution in [3.63, 3.8) is 0 Å². The van der Waals surface area contributed by atoms with Crippen LogP contribution in [-0.4, -0.2) is 42.7 Å². The summed E-state index contributed by atoms with van der Waals surface area (Å²) in [7, 11) is 0. The Bertz CT molecular complexity index is 396. The summed E-state index contributed by atoms with van der Waals surface area (Å²) in [6, 6.07) is 8.59. The van der Waals surface area contributed by atoms with Crippen molar-refractivity contribution in [1.29, 1.82) is 0 Å². The lowest BCUT2D eigenvalue weighted by Crippen LogP contribution is -2.52. The van der Waals surface area contributed by atoms with Gasteiger partial charge >= 0.3 is 0 Å². The van der Waals surface area contributed by atoms with Crippen LogP contribution in [0.25, 0.3) is 0 Å². The quantitative estimate of drug-likeness (QED) is 0.888. The SMILES string of the molecule is CCN1CC[C@@H](NC(=O)c2ccccc2)[C@H](F)C1. The van der Waals surface area contributed by atoms with Gasteiger partial charge in [0.2, 0.25) is 0 Å². The maximum absolute atomic E-state index is 13.9. The highest BCUT2D eigenvalue weighted by Gasteiger charge is 2.29. The molecular weight excluding hydrogens is 231 g/mol. The van der Waals surface area contributed by atoms with Gasteiger partial charge in [-0.25, -0.2) is 4.39 Å². The van der Waals surface area contributed by atoms with Crippen molar-refractivity contribution < 1.29 is 9.18 Å². The number of likely N-dealkylation sites (tertiary alicyclic amines) is 1. The second kappa shape index (κ2) is 5.96. The minimum absolute atomic E-state index is 0.187. The Morgan fingerprint density at radius 3 is 2.78 bits per heavy atom. The third-order valence-electron chi connectivity index (χ3n) is 3.43. The van der Waals surface area contributed by atoms with E-state index in [2.05, 4.69) is 10.2 Å². The van der Waals surface area contributed by atoms with Crippen LogP contribution in [0.4, 0.5) is 4.39 Å². The molecule has 0 aliphatic carbocycles. The van der Waals surface area contributed by atoms with E-state index in [1.165, 1.54) is 0 Å². The number of carbonyl (C=O) groups excluding carboxylic acids is 1. The van der Waals surface area contributed by atoms with Gasteiger partial charge in [-0.1, -0.05) is 25.1 Å². The summed E-state index contributed by atoms with van der Waals surface area (Å²) in [6.07, 6.45) is -0.306. The molecule has 1 aliphatic heterocycles. The normalized spacial score (nSPS) is 24.8. The Labute approximate surface area is 107 Å². The number of halogens is 1. The molecule has 1 amide bonds. The molecule has 1 N–H and O–H groups in total. The van der Waals surface area contributed by atoms with Gasteiger partial charge in [-0.15, -0.1) is 0 Å². The van der Waals surface area contributed by atoms with Crippen molar-refractivity contribution in [3.05, 3.63) is 35.9 Å². The van der Waals surface area contributed by atoms with Crippen molar-refractivity contribution in [2.24, 2.45) is 0 Å². The van der Waals surface area contributed by atoms with Crippen LogP contribution in [0.3, 0.4) is 0 Å². The summed E-state index contributed by atoms with van der Waals surface area (Å²) in [5.41, 5.74) is 0.586. The lowest BCUT2D eigenvalue weighted by atomic mass is 10.0. The molecule has 0 bridgehead atoms. The molecule has 1 fully saturated rings. The van der Waals surface area contributed by atoms with E-state index in [-0.39, 0.29) is 11.9 Å². The molecule has 2 atom stereocenters. The van der Waals surface area contributed by atoms with E-state index in [1.807, 2.05) is 25.1 Å². The smallest absolute Gasteiger partial charge is 0.251 e. The van der Waals surface area contributed by atoms with Gasteiger partial charge in [0.15, 0.2) is 0 Å². The monoisotopic (exact) mass is 250 g/mol. The van der Waals surface area contributed by atoms with E-state index in [1.54, 1.807) is 12.1 Å². The maximum atomic E-state index is 13.9. The molecule has 98 valence electrons. The second-order valence-corrected chi connectivity index (χ2v) is 4.64. The number of hydrogen-bond acceptors (Lipinski definition) is 2. The van der Waals surface area contributed by atoms with Crippen molar-refractivity contribution in [3.8, 4) is 0 Å². The highest BCUT2D eigenvalue weighted by Crippen LogP contribution is 2.14. The molecular formula is C14H19FN2O. The fourth-order valence-electron chi connectivity index (χ4n) is 2.26. The van der Waals surface area contributed by atoms with Crippen LogP contribution in [0.1, 0.15) is 23.7 Å². The Hall–Kier alpha value is -1.42. The van der Waals surface area contributed by atoms with Gasteiger partial charge in [-0.3, -0.25) is 4.79 Å². The molecule has 0 spiro atoms. The van der Waals surface area contributed by atoms with Crippen LogP contribution < -0.4 is 5.32 Å². The van der Waals surface area contributed by atoms with Crippen molar-refractivity contribution in [1.82, 2.24) is 10.2 Å². The predicted octanol–water partition coefficient (Wildman–Crippen LogP) is 1.85. The molecule has 18 heavy (non-hydrogen) atoms. The molecule has 4 heteroatoms. The van der Waals surface area contributed by atoms with Crippen LogP contribution in [-0.2, 0) is 0 Å². The van der Waals surface area contributed by atoms with E-state index in [0.29, 0.717) is 18.5 Å². The Morgan fingerprint density at radius 1 is 1.44 bits per heavy atom. The zero-order valence-corrected chi connectivity index (χ0v) is 10.6. The number of rotatable bonds is 3. The van der Waals surface area contributed by atoms with Crippen LogP contribution in [0.15, 0.2) is 30.3 Å². The molecule has 2 rings (SSSR count). The summed E-state index contributed by atoms with van der Waals surface area (Å²) in [4.78, 5) is 14.0. The zero-order chi connectivity index (χ0) is 13.0. The molecule has 0 saturated carbocycles. The first-order valence-electron chi connectivity index (χ1n) is 6.43. The van der Waals surface area contributed by atoms with E-state index in [0.717, 1.165) is 13.1 Å². The standard InChI is InChI=1S/C14H19FN2O/c1-2-17-9-8-13(12(15)10-17)16-14(18)11-6-4-3-5-7-11/h3-7,12-13H,2,8-10H2,1H3,(H,16,18)/t12-,13-/m1/s1. The van der Waals surface area contributed by atoms with Crippen LogP contribution in [0, 0.1) is 0 Å². The van der Waals surface area contributed by atoms with Gasteiger partial charge in [0.1, 0.15) is 6.17 Å². The van der Waals surface area contributed by atoms with Crippen LogP contribution in [0.5, 0.6) is 0 Å². The summed E-state index contributed by atoms with van der Waals surface area (Å²) in [5, 5.41) is 2.79. The molecule has 0 aromatic heterocycles. The third-order valence-corrected chi connectivity index (χ3v) is 3.43. The van der Waals surface area contributed by atoms with Gasteiger partial charge < -0.3 is 10.2 Å². The number of nitrogens with one attached hydrogen (secondary N) is 1. The Kier molecular flexibility index (Phi) is 4.31. The Morgan fingerprint density at radius 2 is 2.17 bits per heavy atom. The minimum atomic E-state index is -0.980. The zero-order valence-electron chi connectivity index (χ0n) is 10.6. The maximum Gasteiger partial charge on any atom is 0.251 e. The number of alkyl halides is 1. The highest BCUT2D eigenvalue weighted by atomic mass is 19.1. The largest absolute Gasteiger partial charge is 0.346 e. The lowest BCUT2D eigenvalue weighted by molar-refractivity contribution is 0.0790. The molecule has 1 aliphatic rings. The summed E-state index contributed by atoms with van der Waals surface area (Å²) in [6.45, 7) is 4.14. The van der Waals surface area contributed by atoms with Gasteiger partial charge in [0.25, 0.3) is 5.91 Å². The molecule has 1 aromatic carbocycles. The highest BCUT2D eigenvalue weighted by molar-refractivity contribution is 5.94. The number of piperidine rings is 1. The first-order chi connectivity index (χ1) is 8.70. The predicted molar refractivity (Wildman–Crippen MR) is 69.3 cm³/mol. The van der Waals surface area contributed by atoms with E-state index in [9.17, 15) is 9.18 Å². The Balaban J connectivity index is 1.92. The molecule has 1 aromatic rings. The van der Waals surface area contributed by atoms with Crippen molar-refractivity contribution in [2.45, 2.75) is 25.6 Å². The van der Waals surface area contributed by atoms with E-state index < -0.39 is 6.17 Å². The first kappa shape index (κ1) is 13.0. The number of amides is 1. The third kappa shape index (κ3) is 3.07. The number of benzene rings is 1. The van der Waals surface area contributed by atoms with E-state index in [4.69, 9.17) is 0 Å². The first-order valence-corrected chi connectivity index (χ1v) is 6.43. The minimum Gasteiger partial charge on any atom is -0.346 e. The topological polar surface area (TPSA) is 32.3 Å². The van der Waals surface area contributed by atoms with Crippen LogP contribution >= 0.6 is 0 Å². The molecule has 1 heterocycles. The summed E-state index contributed by atoms with van der Waals surface area (Å²) in [5.74, 6) is -0.187. The fraction of sp³-hybridized carbons (Fsp3) is 0.500. The van der Waals surface area contributed by atoms with Gasteiger partial charge in [-0.2, -0.15) is 0 Å². The van der Waals surface area contributed by atoms with Crippen molar-refractivity contribution in [2.75, 3.05) is 19.6 Å². The van der Waals surface area contributed by atoms with E-state index >= 15 is 0 Å². The number of carbonyl (C=O) groups is 1. The summed E-state index contributed by atoms with van der Waals surface area (Å²) >= 11 is 0. The number of hydrogen-bond donors (Lipinski definition) is 1. The second-order valence-electron chi connectivity index (χ2n) is 4.64. The van der Waals surface area contributed by atoms with Crippen LogP contribution in [0.2, 0.25) is 0 Å². The average Bonchev–Trinajstić information content (AvgIpc) is 2.42. The van der Waals surface area contributed by atoms with Crippen molar-refractivity contribution >= 4 is 5.91 Å². The molecule has 3 nitrogen and oxygen atoms in total. The van der Waals surface area contributed by atoms with Gasteiger partial charge in [0.05, 0.1) is 6.04 Å². The van der Waals surface area contributed by atoms with Gasteiger partial charge in [0, 0.05) is 18.7 Å². The number of nitrogens with zero attached hydrogens (tertiary/aromatic N) is 1. The summed E-state index contributed by atoms with van der Waals surface area (Å²) < 4.78 is 13.9. The molecule has 0 radical (unpaired) electrons. The lowest BCUT2D eigenvalue weighted by Gasteiger charge is -2.34. The fourth-order valence-corrected chi connectivity index (χ4v) is 2.26.